The molecule has 0 unspecified atom stereocenters. The van der Waals surface area contributed by atoms with Crippen molar-refractivity contribution in [2.24, 2.45) is 4.99 Å². The molecule has 0 radical (unpaired) electrons. The molecule has 0 spiro atoms. The lowest BCUT2D eigenvalue weighted by Crippen LogP contribution is -1.77. The molecule has 0 heterocycles. The summed E-state index contributed by atoms with van der Waals surface area (Å²) in [6.45, 7) is 2.78. The molecule has 0 amide bonds. The molecule has 0 bridgehead atoms. The van der Waals surface area contributed by atoms with Crippen LogP contribution in [0.1, 0.15) is 13.3 Å². The number of aliphatic imine (C=N–C) groups is 1. The summed E-state index contributed by atoms with van der Waals surface area (Å²) in [6.07, 6.45) is 2.98. The van der Waals surface area contributed by atoms with Gasteiger partial charge in [0.2, 0.25) is 0 Å². The first-order valence-electron chi connectivity index (χ1n) is 2.35. The van der Waals surface area contributed by atoms with Crippen molar-refractivity contribution in [2.45, 2.75) is 13.3 Å². The summed E-state index contributed by atoms with van der Waals surface area (Å²) in [5.41, 5.74) is 0. The molecule has 40 valence electrons. The van der Waals surface area contributed by atoms with Crippen LogP contribution in [0.4, 0.5) is 0 Å². The fourth-order valence-corrected chi connectivity index (χ4v) is 0.247. The smallest absolute Gasteiger partial charge is 0.160 e. The molecule has 7 heavy (non-hydrogen) atoms. The van der Waals surface area contributed by atoms with Crippen LogP contribution in [0.15, 0.2) is 4.99 Å². The summed E-state index contributed by atoms with van der Waals surface area (Å²) in [5, 5.41) is 0. The van der Waals surface area contributed by atoms with Crippen molar-refractivity contribution in [2.75, 3.05) is 6.54 Å². The molecule has 2 heteroatoms. The average molecular weight is 99.1 g/mol. The Morgan fingerprint density at radius 1 is 1.71 bits per heavy atom. The third-order valence-corrected chi connectivity index (χ3v) is 0.519. The normalized spacial score (nSPS) is 9.86. The average Bonchev–Trinajstić information content (AvgIpc) is 1.69. The van der Waals surface area contributed by atoms with Crippen molar-refractivity contribution in [3.8, 4) is 0 Å². The molecule has 0 saturated carbocycles. The maximum Gasteiger partial charge on any atom is 0.160 e. The van der Waals surface area contributed by atoms with Gasteiger partial charge in [-0.3, -0.25) is 9.79 Å². The minimum Gasteiger partial charge on any atom is -0.297 e. The van der Waals surface area contributed by atoms with Gasteiger partial charge in [0.15, 0.2) is 6.29 Å². The second-order valence-corrected chi connectivity index (χ2v) is 1.19. The molecule has 0 aliphatic heterocycles. The standard InChI is InChI=1S/C5H9NO/c1-2-3-6-4-5-7/h4-5H,2-3H2,1H3. The zero-order chi connectivity index (χ0) is 5.54. The maximum absolute atomic E-state index is 9.53. The minimum atomic E-state index is 0.690. The summed E-state index contributed by atoms with van der Waals surface area (Å²) in [5.74, 6) is 0. The van der Waals surface area contributed by atoms with E-state index in [1.807, 2.05) is 6.92 Å². The van der Waals surface area contributed by atoms with Gasteiger partial charge in [0.25, 0.3) is 0 Å². The fourth-order valence-electron chi connectivity index (χ4n) is 0.247. The monoisotopic (exact) mass is 99.1 g/mol. The Bertz CT molecular complexity index is 68.5. The molecule has 0 aliphatic rings. The number of nitrogens with zero attached hydrogens (tertiary/aromatic N) is 1. The van der Waals surface area contributed by atoms with Gasteiger partial charge >= 0.3 is 0 Å². The van der Waals surface area contributed by atoms with Crippen molar-refractivity contribution < 1.29 is 4.79 Å². The number of aldehydes is 1. The molecule has 0 atom stereocenters. The lowest BCUT2D eigenvalue weighted by atomic mass is 10.5. The van der Waals surface area contributed by atoms with Crippen LogP contribution >= 0.6 is 0 Å². The Balaban J connectivity index is 2.92. The molecule has 2 nitrogen and oxygen atoms in total. The zero-order valence-electron chi connectivity index (χ0n) is 4.42. The second-order valence-electron chi connectivity index (χ2n) is 1.19. The summed E-state index contributed by atoms with van der Waals surface area (Å²) in [6, 6.07) is 0. The van der Waals surface area contributed by atoms with E-state index in [1.165, 1.54) is 6.21 Å². The van der Waals surface area contributed by atoms with Crippen molar-refractivity contribution >= 4 is 12.5 Å². The lowest BCUT2D eigenvalue weighted by Gasteiger charge is -1.77. The molecule has 0 saturated heterocycles. The van der Waals surface area contributed by atoms with Gasteiger partial charge in [-0.05, 0) is 6.42 Å². The van der Waals surface area contributed by atoms with Crippen molar-refractivity contribution in [3.63, 3.8) is 0 Å². The topological polar surface area (TPSA) is 29.4 Å². The van der Waals surface area contributed by atoms with Crippen molar-refractivity contribution in [1.82, 2.24) is 0 Å². The molecule has 0 rings (SSSR count). The second kappa shape index (κ2) is 5.34. The molecule has 0 N–H and O–H groups in total. The van der Waals surface area contributed by atoms with E-state index in [-0.39, 0.29) is 0 Å². The number of hydrogen-bond donors (Lipinski definition) is 0. The van der Waals surface area contributed by atoms with E-state index in [1.54, 1.807) is 0 Å². The highest BCUT2D eigenvalue weighted by Crippen LogP contribution is 1.72. The zero-order valence-corrected chi connectivity index (χ0v) is 4.42. The molecule has 0 aromatic rings. The highest BCUT2D eigenvalue weighted by atomic mass is 16.1. The largest absolute Gasteiger partial charge is 0.297 e. The van der Waals surface area contributed by atoms with Crippen LogP contribution in [0, 0.1) is 0 Å². The molecule has 0 aromatic heterocycles. The number of carbonyl (C=O) groups is 1. The van der Waals surface area contributed by atoms with Gasteiger partial charge in [-0.25, -0.2) is 0 Å². The number of rotatable bonds is 3. The van der Waals surface area contributed by atoms with Crippen molar-refractivity contribution in [1.29, 1.82) is 0 Å². The highest BCUT2D eigenvalue weighted by Gasteiger charge is 1.67. The first kappa shape index (κ1) is 6.34. The Hall–Kier alpha value is -0.660. The van der Waals surface area contributed by atoms with Crippen LogP contribution in [-0.2, 0) is 4.79 Å². The Kier molecular flexibility index (Phi) is 4.84. The van der Waals surface area contributed by atoms with Crippen LogP contribution in [0.2, 0.25) is 0 Å². The predicted octanol–water partition coefficient (Wildman–Crippen LogP) is 0.666. The SMILES string of the molecule is CCCN=CC=O. The van der Waals surface area contributed by atoms with Gasteiger partial charge < -0.3 is 0 Å². The molecular weight excluding hydrogens is 90.1 g/mol. The Morgan fingerprint density at radius 3 is 2.86 bits per heavy atom. The third-order valence-electron chi connectivity index (χ3n) is 0.519. The third kappa shape index (κ3) is 5.34. The molecule has 0 aliphatic carbocycles. The Morgan fingerprint density at radius 2 is 2.43 bits per heavy atom. The van der Waals surface area contributed by atoms with E-state index in [2.05, 4.69) is 4.99 Å². The van der Waals surface area contributed by atoms with Gasteiger partial charge in [0.1, 0.15) is 0 Å². The first-order valence-corrected chi connectivity index (χ1v) is 2.35. The van der Waals surface area contributed by atoms with Gasteiger partial charge in [0.05, 0.1) is 6.21 Å². The quantitative estimate of drug-likeness (QED) is 0.377. The molecular formula is C5H9NO. The van der Waals surface area contributed by atoms with E-state index in [0.29, 0.717) is 6.29 Å². The van der Waals surface area contributed by atoms with E-state index in [0.717, 1.165) is 13.0 Å². The van der Waals surface area contributed by atoms with Crippen LogP contribution in [0.5, 0.6) is 0 Å². The number of carbonyl (C=O) groups excluding carboxylic acids is 1. The summed E-state index contributed by atoms with van der Waals surface area (Å²) in [7, 11) is 0. The molecule has 0 aromatic carbocycles. The summed E-state index contributed by atoms with van der Waals surface area (Å²) >= 11 is 0. The van der Waals surface area contributed by atoms with E-state index in [4.69, 9.17) is 0 Å². The Labute approximate surface area is 43.3 Å². The van der Waals surface area contributed by atoms with E-state index < -0.39 is 0 Å². The van der Waals surface area contributed by atoms with Gasteiger partial charge in [-0.2, -0.15) is 0 Å². The summed E-state index contributed by atoms with van der Waals surface area (Å²) in [4.78, 5) is 13.2. The molecule has 0 fully saturated rings. The lowest BCUT2D eigenvalue weighted by molar-refractivity contribution is -0.102. The summed E-state index contributed by atoms with van der Waals surface area (Å²) < 4.78 is 0. The highest BCUT2D eigenvalue weighted by molar-refractivity contribution is 6.12. The maximum atomic E-state index is 9.53. The minimum absolute atomic E-state index is 0.690. The van der Waals surface area contributed by atoms with Crippen LogP contribution in [0.3, 0.4) is 0 Å². The van der Waals surface area contributed by atoms with E-state index >= 15 is 0 Å². The first-order chi connectivity index (χ1) is 3.41. The van der Waals surface area contributed by atoms with Gasteiger partial charge in [-0.15, -0.1) is 0 Å². The predicted molar refractivity (Wildman–Crippen MR) is 29.7 cm³/mol. The van der Waals surface area contributed by atoms with Crippen LogP contribution in [-0.4, -0.2) is 19.0 Å². The van der Waals surface area contributed by atoms with Gasteiger partial charge in [-0.1, -0.05) is 6.92 Å². The number of hydrogen-bond acceptors (Lipinski definition) is 2. The van der Waals surface area contributed by atoms with Crippen LogP contribution < -0.4 is 0 Å². The van der Waals surface area contributed by atoms with Crippen molar-refractivity contribution in [3.05, 3.63) is 0 Å². The van der Waals surface area contributed by atoms with E-state index in [9.17, 15) is 4.79 Å². The van der Waals surface area contributed by atoms with Gasteiger partial charge in [0, 0.05) is 6.54 Å². The van der Waals surface area contributed by atoms with Crippen LogP contribution in [0.25, 0.3) is 0 Å². The fraction of sp³-hybridized carbons (Fsp3) is 0.600.